The second-order valence-electron chi connectivity index (χ2n) is 3.66. The number of anilines is 1. The number of methoxy groups -OCH3 is 1. The topological polar surface area (TPSA) is 51.2 Å². The zero-order valence-electron chi connectivity index (χ0n) is 10.7. The molecule has 0 aliphatic rings. The van der Waals surface area contributed by atoms with Gasteiger partial charge in [-0.3, -0.25) is 0 Å². The maximum atomic E-state index is 11.4. The predicted molar refractivity (Wildman–Crippen MR) is 79.2 cm³/mol. The fourth-order valence-corrected chi connectivity index (χ4v) is 3.29. The smallest absolute Gasteiger partial charge is 0.351 e. The van der Waals surface area contributed by atoms with E-state index in [-0.39, 0.29) is 5.15 Å². The second-order valence-corrected chi connectivity index (χ2v) is 6.41. The van der Waals surface area contributed by atoms with E-state index in [4.69, 9.17) is 11.6 Å². The van der Waals surface area contributed by atoms with Crippen molar-refractivity contribution in [1.29, 1.82) is 0 Å². The first kappa shape index (κ1) is 15.6. The van der Waals surface area contributed by atoms with Gasteiger partial charge in [-0.2, -0.15) is 11.8 Å². The molecule has 18 heavy (non-hydrogen) atoms. The van der Waals surface area contributed by atoms with Gasteiger partial charge >= 0.3 is 5.97 Å². The van der Waals surface area contributed by atoms with Crippen LogP contribution < -0.4 is 5.32 Å². The minimum atomic E-state index is -0.445. The summed E-state index contributed by atoms with van der Waals surface area (Å²) in [4.78, 5) is 15.8. The molecule has 1 N–H and O–H groups in total. The molecule has 0 bridgehead atoms. The zero-order valence-corrected chi connectivity index (χ0v) is 13.0. The van der Waals surface area contributed by atoms with Crippen molar-refractivity contribution in [3.63, 3.8) is 0 Å². The van der Waals surface area contributed by atoms with Gasteiger partial charge in [0.05, 0.1) is 7.11 Å². The fourth-order valence-electron chi connectivity index (χ4n) is 1.27. The maximum absolute atomic E-state index is 11.4. The molecule has 1 atom stereocenters. The van der Waals surface area contributed by atoms with Crippen LogP contribution in [0.5, 0.6) is 0 Å². The molecular weight excluding hydrogens is 292 g/mol. The first-order chi connectivity index (χ1) is 8.58. The van der Waals surface area contributed by atoms with Gasteiger partial charge in [-0.25, -0.2) is 9.78 Å². The summed E-state index contributed by atoms with van der Waals surface area (Å²) in [5.41, 5.74) is 0. The number of nitrogens with one attached hydrogen (secondary N) is 1. The summed E-state index contributed by atoms with van der Waals surface area (Å²) < 4.78 is 4.63. The first-order valence-corrected chi connectivity index (χ1v) is 8.02. The number of rotatable bonds is 7. The van der Waals surface area contributed by atoms with E-state index in [1.54, 1.807) is 0 Å². The van der Waals surface area contributed by atoms with E-state index >= 15 is 0 Å². The molecule has 1 heterocycles. The van der Waals surface area contributed by atoms with Crippen LogP contribution in [-0.4, -0.2) is 35.6 Å². The lowest BCUT2D eigenvalue weighted by Gasteiger charge is -2.11. The third kappa shape index (κ3) is 4.66. The highest BCUT2D eigenvalue weighted by atomic mass is 35.5. The van der Waals surface area contributed by atoms with Crippen molar-refractivity contribution in [1.82, 2.24) is 4.98 Å². The van der Waals surface area contributed by atoms with Crippen molar-refractivity contribution in [2.75, 3.05) is 23.9 Å². The van der Waals surface area contributed by atoms with Gasteiger partial charge in [-0.15, -0.1) is 0 Å². The molecule has 0 saturated carbocycles. The molecule has 0 fully saturated rings. The van der Waals surface area contributed by atoms with E-state index in [2.05, 4.69) is 28.9 Å². The summed E-state index contributed by atoms with van der Waals surface area (Å²) in [6.07, 6.45) is 1.04. The van der Waals surface area contributed by atoms with Gasteiger partial charge < -0.3 is 10.1 Å². The summed E-state index contributed by atoms with van der Waals surface area (Å²) in [7, 11) is 1.33. The molecular formula is C11H17ClN2O2S2. The van der Waals surface area contributed by atoms with Gasteiger partial charge in [0.15, 0.2) is 15.2 Å². The highest BCUT2D eigenvalue weighted by Crippen LogP contribution is 2.28. The van der Waals surface area contributed by atoms with E-state index in [0.29, 0.717) is 16.1 Å². The Morgan fingerprint density at radius 2 is 2.39 bits per heavy atom. The van der Waals surface area contributed by atoms with Gasteiger partial charge in [-0.05, 0) is 24.9 Å². The Morgan fingerprint density at radius 3 is 3.00 bits per heavy atom. The Bertz CT molecular complexity index is 398. The first-order valence-electron chi connectivity index (χ1n) is 5.67. The summed E-state index contributed by atoms with van der Waals surface area (Å²) >= 11 is 9.01. The Labute approximate surface area is 120 Å². The SMILES string of the molecule is CCSCCC(C)Nc1nc(Cl)c(C(=O)OC)s1. The summed E-state index contributed by atoms with van der Waals surface area (Å²) in [5.74, 6) is 1.79. The van der Waals surface area contributed by atoms with Crippen LogP contribution in [0.25, 0.3) is 0 Å². The van der Waals surface area contributed by atoms with Crippen molar-refractivity contribution in [2.24, 2.45) is 0 Å². The van der Waals surface area contributed by atoms with Crippen LogP contribution in [0.4, 0.5) is 5.13 Å². The molecule has 0 saturated heterocycles. The normalized spacial score (nSPS) is 12.2. The highest BCUT2D eigenvalue weighted by molar-refractivity contribution is 7.99. The molecule has 0 amide bonds. The number of nitrogens with zero attached hydrogens (tertiary/aromatic N) is 1. The van der Waals surface area contributed by atoms with E-state index in [9.17, 15) is 4.79 Å². The van der Waals surface area contributed by atoms with E-state index < -0.39 is 5.97 Å². The van der Waals surface area contributed by atoms with Crippen LogP contribution >= 0.6 is 34.7 Å². The molecule has 1 aromatic heterocycles. The molecule has 7 heteroatoms. The van der Waals surface area contributed by atoms with Gasteiger partial charge in [0, 0.05) is 6.04 Å². The fraction of sp³-hybridized carbons (Fsp3) is 0.636. The highest BCUT2D eigenvalue weighted by Gasteiger charge is 2.17. The van der Waals surface area contributed by atoms with Gasteiger partial charge in [-0.1, -0.05) is 29.9 Å². The van der Waals surface area contributed by atoms with Crippen molar-refractivity contribution < 1.29 is 9.53 Å². The van der Waals surface area contributed by atoms with Crippen molar-refractivity contribution >= 4 is 45.8 Å². The summed E-state index contributed by atoms with van der Waals surface area (Å²) in [5, 5.41) is 4.10. The third-order valence-corrected chi connectivity index (χ3v) is 4.51. The number of carbonyl (C=O) groups excluding carboxylic acids is 1. The van der Waals surface area contributed by atoms with E-state index in [1.165, 1.54) is 18.4 Å². The van der Waals surface area contributed by atoms with Gasteiger partial charge in [0.1, 0.15) is 0 Å². The van der Waals surface area contributed by atoms with Crippen molar-refractivity contribution in [2.45, 2.75) is 26.3 Å². The van der Waals surface area contributed by atoms with Crippen molar-refractivity contribution in [3.8, 4) is 0 Å². The molecule has 102 valence electrons. The van der Waals surface area contributed by atoms with Crippen molar-refractivity contribution in [3.05, 3.63) is 10.0 Å². The average Bonchev–Trinajstić information content (AvgIpc) is 2.69. The summed E-state index contributed by atoms with van der Waals surface area (Å²) in [6.45, 7) is 4.23. The lowest BCUT2D eigenvalue weighted by molar-refractivity contribution is 0.0606. The standard InChI is InChI=1S/C11H17ClN2O2S2/c1-4-17-6-5-7(2)13-11-14-9(12)8(18-11)10(15)16-3/h7H,4-6H2,1-3H3,(H,13,14). The number of hydrogen-bond acceptors (Lipinski definition) is 6. The minimum absolute atomic E-state index is 0.199. The molecule has 4 nitrogen and oxygen atoms in total. The summed E-state index contributed by atoms with van der Waals surface area (Å²) in [6, 6.07) is 0.303. The number of aromatic nitrogens is 1. The lowest BCUT2D eigenvalue weighted by Crippen LogP contribution is -2.15. The second kappa shape index (κ2) is 7.86. The Balaban J connectivity index is 2.54. The monoisotopic (exact) mass is 308 g/mol. The number of thioether (sulfide) groups is 1. The number of ether oxygens (including phenoxy) is 1. The number of esters is 1. The molecule has 0 aliphatic carbocycles. The van der Waals surface area contributed by atoms with E-state index in [1.807, 2.05) is 11.8 Å². The molecule has 0 aromatic carbocycles. The molecule has 1 aromatic rings. The molecule has 0 spiro atoms. The Morgan fingerprint density at radius 1 is 1.67 bits per heavy atom. The van der Waals surface area contributed by atoms with Gasteiger partial charge in [0.25, 0.3) is 0 Å². The number of hydrogen-bond donors (Lipinski definition) is 1. The van der Waals surface area contributed by atoms with Gasteiger partial charge in [0.2, 0.25) is 0 Å². The van der Waals surface area contributed by atoms with Crippen LogP contribution in [0.1, 0.15) is 29.9 Å². The Hall–Kier alpha value is -0.460. The number of carbonyl (C=O) groups is 1. The molecule has 1 rings (SSSR count). The quantitative estimate of drug-likeness (QED) is 0.617. The molecule has 1 unspecified atom stereocenters. The maximum Gasteiger partial charge on any atom is 0.351 e. The number of thiazole rings is 1. The minimum Gasteiger partial charge on any atom is -0.465 e. The number of halogens is 1. The lowest BCUT2D eigenvalue weighted by atomic mass is 10.3. The average molecular weight is 309 g/mol. The molecule has 0 radical (unpaired) electrons. The van der Waals surface area contributed by atoms with Crippen LogP contribution in [0.15, 0.2) is 0 Å². The van der Waals surface area contributed by atoms with Crippen LogP contribution in [0.3, 0.4) is 0 Å². The predicted octanol–water partition coefficient (Wildman–Crippen LogP) is 3.53. The van der Waals surface area contributed by atoms with Crippen LogP contribution in [0.2, 0.25) is 5.15 Å². The Kier molecular flexibility index (Phi) is 6.81. The molecule has 0 aliphatic heterocycles. The zero-order chi connectivity index (χ0) is 13.5. The van der Waals surface area contributed by atoms with Crippen LogP contribution in [-0.2, 0) is 4.74 Å². The third-order valence-electron chi connectivity index (χ3n) is 2.23. The van der Waals surface area contributed by atoms with E-state index in [0.717, 1.165) is 17.9 Å². The van der Waals surface area contributed by atoms with Crippen LogP contribution in [0, 0.1) is 0 Å². The largest absolute Gasteiger partial charge is 0.465 e.